The quantitative estimate of drug-likeness (QED) is 0.822. The lowest BCUT2D eigenvalue weighted by molar-refractivity contribution is 0.113. The van der Waals surface area contributed by atoms with Crippen LogP contribution in [0.5, 0.6) is 0 Å². The molecule has 0 spiro atoms. The highest BCUT2D eigenvalue weighted by Crippen LogP contribution is 2.23. The number of benzene rings is 2. The van der Waals surface area contributed by atoms with Gasteiger partial charge in [0.2, 0.25) is 10.0 Å². The van der Waals surface area contributed by atoms with E-state index in [1.54, 1.807) is 36.4 Å². The molecule has 146 valence electrons. The Bertz CT molecular complexity index is 846. The third-order valence-corrected chi connectivity index (χ3v) is 6.47. The maximum Gasteiger partial charge on any atom is 0.240 e. The van der Waals surface area contributed by atoms with Crippen LogP contribution < -0.4 is 4.72 Å². The van der Waals surface area contributed by atoms with Crippen molar-refractivity contribution in [2.24, 2.45) is 0 Å². The van der Waals surface area contributed by atoms with E-state index in [1.807, 2.05) is 6.92 Å². The summed E-state index contributed by atoms with van der Waals surface area (Å²) >= 11 is 0. The van der Waals surface area contributed by atoms with Crippen LogP contribution in [0.1, 0.15) is 17.2 Å². The molecule has 1 N–H and O–H groups in total. The first-order chi connectivity index (χ1) is 12.8. The predicted molar refractivity (Wildman–Crippen MR) is 105 cm³/mol. The van der Waals surface area contributed by atoms with E-state index in [-0.39, 0.29) is 23.3 Å². The molecule has 0 saturated carbocycles. The molecule has 0 radical (unpaired) electrons. The van der Waals surface area contributed by atoms with Gasteiger partial charge in [-0.05, 0) is 43.8 Å². The first-order valence-corrected chi connectivity index (χ1v) is 10.6. The average Bonchev–Trinajstić information content (AvgIpc) is 2.65. The molecular weight excluding hydrogens is 365 g/mol. The van der Waals surface area contributed by atoms with Gasteiger partial charge in [0.15, 0.2) is 0 Å². The number of nitrogens with zero attached hydrogens (tertiary/aromatic N) is 2. The molecule has 27 heavy (non-hydrogen) atoms. The number of halogens is 1. The molecule has 0 aromatic heterocycles. The summed E-state index contributed by atoms with van der Waals surface area (Å²) in [5.41, 5.74) is 1.92. The molecule has 1 aliphatic rings. The monoisotopic (exact) mass is 391 g/mol. The van der Waals surface area contributed by atoms with Crippen LogP contribution in [0.4, 0.5) is 4.39 Å². The normalized spacial score (nSPS) is 17.7. The zero-order chi connectivity index (χ0) is 19.4. The van der Waals surface area contributed by atoms with Crippen molar-refractivity contribution in [3.8, 4) is 0 Å². The number of hydrogen-bond acceptors (Lipinski definition) is 4. The van der Waals surface area contributed by atoms with Crippen LogP contribution in [0.3, 0.4) is 0 Å². The molecule has 7 heteroatoms. The van der Waals surface area contributed by atoms with E-state index in [2.05, 4.69) is 21.6 Å². The largest absolute Gasteiger partial charge is 0.304 e. The van der Waals surface area contributed by atoms with Crippen molar-refractivity contribution >= 4 is 10.0 Å². The summed E-state index contributed by atoms with van der Waals surface area (Å²) in [5, 5.41) is 0. The Hall–Kier alpha value is -1.80. The van der Waals surface area contributed by atoms with Gasteiger partial charge < -0.3 is 4.90 Å². The summed E-state index contributed by atoms with van der Waals surface area (Å²) in [5.74, 6) is -0.295. The van der Waals surface area contributed by atoms with Gasteiger partial charge in [0, 0.05) is 38.8 Å². The number of aryl methyl sites for hydroxylation is 1. The number of sulfonamides is 1. The Morgan fingerprint density at radius 3 is 2.19 bits per heavy atom. The van der Waals surface area contributed by atoms with Crippen molar-refractivity contribution in [3.05, 3.63) is 65.5 Å². The second kappa shape index (κ2) is 8.48. The van der Waals surface area contributed by atoms with Gasteiger partial charge in [-0.1, -0.05) is 29.8 Å². The van der Waals surface area contributed by atoms with Crippen LogP contribution in [0.2, 0.25) is 0 Å². The smallest absolute Gasteiger partial charge is 0.240 e. The van der Waals surface area contributed by atoms with E-state index >= 15 is 0 Å². The van der Waals surface area contributed by atoms with Gasteiger partial charge in [-0.2, -0.15) is 0 Å². The topological polar surface area (TPSA) is 52.7 Å². The molecule has 0 bridgehead atoms. The van der Waals surface area contributed by atoms with Gasteiger partial charge in [0.1, 0.15) is 5.82 Å². The van der Waals surface area contributed by atoms with Crippen molar-refractivity contribution in [3.63, 3.8) is 0 Å². The molecule has 2 aromatic rings. The van der Waals surface area contributed by atoms with Crippen molar-refractivity contribution < 1.29 is 12.8 Å². The van der Waals surface area contributed by atoms with Crippen molar-refractivity contribution in [2.75, 3.05) is 39.8 Å². The van der Waals surface area contributed by atoms with Crippen LogP contribution in [0.25, 0.3) is 0 Å². The first kappa shape index (κ1) is 19.9. The first-order valence-electron chi connectivity index (χ1n) is 9.09. The molecule has 0 amide bonds. The molecule has 1 atom stereocenters. The summed E-state index contributed by atoms with van der Waals surface area (Å²) in [6.45, 7) is 5.67. The lowest BCUT2D eigenvalue weighted by Gasteiger charge is -2.38. The second-order valence-electron chi connectivity index (χ2n) is 7.07. The Labute approximate surface area is 160 Å². The van der Waals surface area contributed by atoms with Crippen LogP contribution in [-0.2, 0) is 10.0 Å². The van der Waals surface area contributed by atoms with E-state index in [0.717, 1.165) is 37.3 Å². The van der Waals surface area contributed by atoms with E-state index in [0.29, 0.717) is 0 Å². The van der Waals surface area contributed by atoms with Crippen molar-refractivity contribution in [2.45, 2.75) is 17.9 Å². The number of likely N-dealkylation sites (N-methyl/N-ethyl adjacent to an activating group) is 1. The van der Waals surface area contributed by atoms with Gasteiger partial charge in [0.05, 0.1) is 4.90 Å². The second-order valence-corrected chi connectivity index (χ2v) is 8.84. The lowest BCUT2D eigenvalue weighted by atomic mass is 10.0. The van der Waals surface area contributed by atoms with E-state index in [9.17, 15) is 12.8 Å². The fraction of sp³-hybridized carbons (Fsp3) is 0.400. The maximum atomic E-state index is 13.3. The lowest BCUT2D eigenvalue weighted by Crippen LogP contribution is -2.48. The summed E-state index contributed by atoms with van der Waals surface area (Å²) in [4.78, 5) is 4.75. The SMILES string of the molecule is Cc1ccc(S(=O)(=O)NCC(c2ccc(F)cc2)N2CCN(C)CC2)cc1. The summed E-state index contributed by atoms with van der Waals surface area (Å²) in [6.07, 6.45) is 0. The van der Waals surface area contributed by atoms with E-state index < -0.39 is 10.0 Å². The minimum Gasteiger partial charge on any atom is -0.304 e. The molecule has 1 fully saturated rings. The van der Waals surface area contributed by atoms with Gasteiger partial charge >= 0.3 is 0 Å². The number of rotatable bonds is 6. The van der Waals surface area contributed by atoms with Crippen molar-refractivity contribution in [1.82, 2.24) is 14.5 Å². The molecule has 5 nitrogen and oxygen atoms in total. The number of piperazine rings is 1. The Kier molecular flexibility index (Phi) is 6.26. The van der Waals surface area contributed by atoms with Gasteiger partial charge in [0.25, 0.3) is 0 Å². The van der Waals surface area contributed by atoms with Crippen LogP contribution in [0.15, 0.2) is 53.4 Å². The summed E-state index contributed by atoms with van der Waals surface area (Å²) in [7, 11) is -1.53. The molecule has 2 aromatic carbocycles. The fourth-order valence-corrected chi connectivity index (χ4v) is 4.30. The predicted octanol–water partition coefficient (Wildman–Crippen LogP) is 2.40. The van der Waals surface area contributed by atoms with Crippen LogP contribution in [-0.4, -0.2) is 58.0 Å². The fourth-order valence-electron chi connectivity index (χ4n) is 3.27. The highest BCUT2D eigenvalue weighted by molar-refractivity contribution is 7.89. The maximum absolute atomic E-state index is 13.3. The minimum absolute atomic E-state index is 0.139. The van der Waals surface area contributed by atoms with Crippen LogP contribution >= 0.6 is 0 Å². The molecule has 1 heterocycles. The summed E-state index contributed by atoms with van der Waals surface area (Å²) in [6, 6.07) is 13.0. The van der Waals surface area contributed by atoms with Gasteiger partial charge in [-0.15, -0.1) is 0 Å². The summed E-state index contributed by atoms with van der Waals surface area (Å²) < 4.78 is 41.4. The van der Waals surface area contributed by atoms with Crippen LogP contribution in [0, 0.1) is 12.7 Å². The van der Waals surface area contributed by atoms with E-state index in [4.69, 9.17) is 0 Å². The average molecular weight is 392 g/mol. The Balaban J connectivity index is 1.78. The molecule has 1 saturated heterocycles. The number of hydrogen-bond donors (Lipinski definition) is 1. The molecule has 3 rings (SSSR count). The Morgan fingerprint density at radius 2 is 1.59 bits per heavy atom. The Morgan fingerprint density at radius 1 is 1.00 bits per heavy atom. The highest BCUT2D eigenvalue weighted by Gasteiger charge is 2.26. The van der Waals surface area contributed by atoms with Crippen molar-refractivity contribution in [1.29, 1.82) is 0 Å². The minimum atomic E-state index is -3.60. The third kappa shape index (κ3) is 5.13. The zero-order valence-electron chi connectivity index (χ0n) is 15.7. The van der Waals surface area contributed by atoms with Gasteiger partial charge in [-0.25, -0.2) is 17.5 Å². The van der Waals surface area contributed by atoms with E-state index in [1.165, 1.54) is 12.1 Å². The zero-order valence-corrected chi connectivity index (χ0v) is 16.5. The molecule has 1 unspecified atom stereocenters. The molecule has 1 aliphatic heterocycles. The van der Waals surface area contributed by atoms with Gasteiger partial charge in [-0.3, -0.25) is 4.90 Å². The standard InChI is InChI=1S/C20H26FN3O2S/c1-16-3-9-19(10-4-16)27(25,26)22-15-20(17-5-7-18(21)8-6-17)24-13-11-23(2)12-14-24/h3-10,20,22H,11-15H2,1-2H3. The third-order valence-electron chi connectivity index (χ3n) is 5.03. The highest BCUT2D eigenvalue weighted by atomic mass is 32.2. The number of nitrogens with one attached hydrogen (secondary N) is 1. The molecule has 0 aliphatic carbocycles. The molecular formula is C20H26FN3O2S.